The summed E-state index contributed by atoms with van der Waals surface area (Å²) < 4.78 is 3.46. The summed E-state index contributed by atoms with van der Waals surface area (Å²) in [5.41, 5.74) is 1.46. The van der Waals surface area contributed by atoms with Crippen LogP contribution in [0.15, 0.2) is 18.6 Å². The Morgan fingerprint density at radius 2 is 2.11 bits per heavy atom. The van der Waals surface area contributed by atoms with E-state index >= 15 is 0 Å². The van der Waals surface area contributed by atoms with Crippen molar-refractivity contribution >= 4 is 5.97 Å². The fourth-order valence-corrected chi connectivity index (χ4v) is 1.88. The Hall–Kier alpha value is -2.11. The first-order chi connectivity index (χ1) is 9.15. The standard InChI is InChI=1S/C13H18N4O2/c1-3-5-6-17-9-11(13(18)19)12(15-17)10-7-14-16(4-2)8-10/h7-9H,3-6H2,1-2H3,(H,18,19). The van der Waals surface area contributed by atoms with Crippen molar-refractivity contribution in [3.05, 3.63) is 24.2 Å². The Morgan fingerprint density at radius 1 is 1.32 bits per heavy atom. The number of rotatable bonds is 6. The van der Waals surface area contributed by atoms with E-state index in [4.69, 9.17) is 0 Å². The van der Waals surface area contributed by atoms with Gasteiger partial charge in [0.05, 0.1) is 6.20 Å². The lowest BCUT2D eigenvalue weighted by atomic mass is 10.1. The average molecular weight is 262 g/mol. The van der Waals surface area contributed by atoms with Crippen molar-refractivity contribution in [3.63, 3.8) is 0 Å². The van der Waals surface area contributed by atoms with Crippen LogP contribution in [-0.2, 0) is 13.1 Å². The molecule has 19 heavy (non-hydrogen) atoms. The molecule has 2 aromatic heterocycles. The highest BCUT2D eigenvalue weighted by molar-refractivity contribution is 5.94. The van der Waals surface area contributed by atoms with Crippen LogP contribution >= 0.6 is 0 Å². The minimum Gasteiger partial charge on any atom is -0.478 e. The molecule has 0 radical (unpaired) electrons. The number of carboxylic acid groups (broad SMARTS) is 1. The minimum absolute atomic E-state index is 0.228. The van der Waals surface area contributed by atoms with Crippen molar-refractivity contribution in [3.8, 4) is 11.3 Å². The van der Waals surface area contributed by atoms with Gasteiger partial charge in [0.2, 0.25) is 0 Å². The molecule has 0 atom stereocenters. The Balaban J connectivity index is 2.36. The zero-order valence-corrected chi connectivity index (χ0v) is 11.2. The van der Waals surface area contributed by atoms with E-state index in [-0.39, 0.29) is 5.56 Å². The molecule has 0 unspecified atom stereocenters. The molecule has 0 aliphatic rings. The molecule has 6 heteroatoms. The number of hydrogen-bond acceptors (Lipinski definition) is 3. The summed E-state index contributed by atoms with van der Waals surface area (Å²) >= 11 is 0. The summed E-state index contributed by atoms with van der Waals surface area (Å²) in [6.45, 7) is 5.56. The number of carbonyl (C=O) groups is 1. The van der Waals surface area contributed by atoms with Gasteiger partial charge >= 0.3 is 5.97 Å². The molecule has 0 spiro atoms. The van der Waals surface area contributed by atoms with Crippen molar-refractivity contribution < 1.29 is 9.90 Å². The van der Waals surface area contributed by atoms with E-state index in [0.29, 0.717) is 5.69 Å². The molecule has 0 saturated carbocycles. The lowest BCUT2D eigenvalue weighted by Gasteiger charge is -1.97. The van der Waals surface area contributed by atoms with Gasteiger partial charge in [0.25, 0.3) is 0 Å². The van der Waals surface area contributed by atoms with E-state index < -0.39 is 5.97 Å². The largest absolute Gasteiger partial charge is 0.478 e. The summed E-state index contributed by atoms with van der Waals surface area (Å²) in [6, 6.07) is 0. The third kappa shape index (κ3) is 2.83. The maximum atomic E-state index is 11.3. The number of aromatic nitrogens is 4. The van der Waals surface area contributed by atoms with Gasteiger partial charge in [0.15, 0.2) is 0 Å². The Kier molecular flexibility index (Phi) is 3.99. The maximum absolute atomic E-state index is 11.3. The number of aryl methyl sites for hydroxylation is 2. The van der Waals surface area contributed by atoms with E-state index in [2.05, 4.69) is 17.1 Å². The molecule has 102 valence electrons. The van der Waals surface area contributed by atoms with Crippen LogP contribution in [0.1, 0.15) is 37.0 Å². The summed E-state index contributed by atoms with van der Waals surface area (Å²) in [5.74, 6) is -0.956. The zero-order chi connectivity index (χ0) is 13.8. The Morgan fingerprint density at radius 3 is 2.68 bits per heavy atom. The van der Waals surface area contributed by atoms with Crippen LogP contribution in [0.25, 0.3) is 11.3 Å². The molecule has 0 aromatic carbocycles. The molecule has 0 bridgehead atoms. The molecular weight excluding hydrogens is 244 g/mol. The summed E-state index contributed by atoms with van der Waals surface area (Å²) in [5, 5.41) is 17.8. The van der Waals surface area contributed by atoms with Gasteiger partial charge in [-0.3, -0.25) is 9.36 Å². The molecule has 2 heterocycles. The van der Waals surface area contributed by atoms with Crippen LogP contribution in [0.2, 0.25) is 0 Å². The first-order valence-corrected chi connectivity index (χ1v) is 6.49. The quantitative estimate of drug-likeness (QED) is 0.866. The van der Waals surface area contributed by atoms with E-state index in [1.54, 1.807) is 21.8 Å². The van der Waals surface area contributed by atoms with Crippen molar-refractivity contribution in [1.82, 2.24) is 19.6 Å². The van der Waals surface area contributed by atoms with Gasteiger partial charge in [-0.25, -0.2) is 4.79 Å². The molecule has 0 aliphatic heterocycles. The molecule has 0 saturated heterocycles. The third-order valence-corrected chi connectivity index (χ3v) is 2.96. The van der Waals surface area contributed by atoms with E-state index in [1.807, 2.05) is 13.1 Å². The smallest absolute Gasteiger partial charge is 0.339 e. The summed E-state index contributed by atoms with van der Waals surface area (Å²) in [6.07, 6.45) is 7.09. The number of nitrogens with zero attached hydrogens (tertiary/aromatic N) is 4. The second-order valence-corrected chi connectivity index (χ2v) is 4.40. The molecular formula is C13H18N4O2. The van der Waals surface area contributed by atoms with E-state index in [0.717, 1.165) is 31.5 Å². The van der Waals surface area contributed by atoms with E-state index in [9.17, 15) is 9.90 Å². The lowest BCUT2D eigenvalue weighted by molar-refractivity contribution is 0.0697. The number of aromatic carboxylic acids is 1. The minimum atomic E-state index is -0.956. The molecule has 1 N–H and O–H groups in total. The molecule has 0 fully saturated rings. The highest BCUT2D eigenvalue weighted by atomic mass is 16.4. The van der Waals surface area contributed by atoms with Crippen LogP contribution in [0.5, 0.6) is 0 Å². The summed E-state index contributed by atoms with van der Waals surface area (Å²) in [7, 11) is 0. The second-order valence-electron chi connectivity index (χ2n) is 4.40. The third-order valence-electron chi connectivity index (χ3n) is 2.96. The fourth-order valence-electron chi connectivity index (χ4n) is 1.88. The Bertz CT molecular complexity index is 571. The van der Waals surface area contributed by atoms with Crippen molar-refractivity contribution in [1.29, 1.82) is 0 Å². The molecule has 2 rings (SSSR count). The van der Waals surface area contributed by atoms with Crippen molar-refractivity contribution in [2.75, 3.05) is 0 Å². The number of carboxylic acids is 1. The number of hydrogen-bond donors (Lipinski definition) is 1. The molecule has 6 nitrogen and oxygen atoms in total. The van der Waals surface area contributed by atoms with Crippen molar-refractivity contribution in [2.24, 2.45) is 0 Å². The topological polar surface area (TPSA) is 72.9 Å². The molecule has 0 amide bonds. The van der Waals surface area contributed by atoms with Crippen molar-refractivity contribution in [2.45, 2.75) is 39.8 Å². The van der Waals surface area contributed by atoms with Gasteiger partial charge in [-0.2, -0.15) is 10.2 Å². The van der Waals surface area contributed by atoms with Crippen LogP contribution < -0.4 is 0 Å². The van der Waals surface area contributed by atoms with Gasteiger partial charge in [0, 0.05) is 31.0 Å². The lowest BCUT2D eigenvalue weighted by Crippen LogP contribution is -1.98. The average Bonchev–Trinajstić information content (AvgIpc) is 3.02. The first-order valence-electron chi connectivity index (χ1n) is 6.49. The van der Waals surface area contributed by atoms with Crippen LogP contribution in [0, 0.1) is 0 Å². The monoisotopic (exact) mass is 262 g/mol. The fraction of sp³-hybridized carbons (Fsp3) is 0.462. The highest BCUT2D eigenvalue weighted by Crippen LogP contribution is 2.21. The molecule has 2 aromatic rings. The van der Waals surface area contributed by atoms with Gasteiger partial charge in [0.1, 0.15) is 11.3 Å². The number of unbranched alkanes of at least 4 members (excludes halogenated alkanes) is 1. The predicted octanol–water partition coefficient (Wildman–Crippen LogP) is 2.26. The van der Waals surface area contributed by atoms with Gasteiger partial charge in [-0.05, 0) is 13.3 Å². The van der Waals surface area contributed by atoms with Crippen LogP contribution in [-0.4, -0.2) is 30.6 Å². The maximum Gasteiger partial charge on any atom is 0.339 e. The highest BCUT2D eigenvalue weighted by Gasteiger charge is 2.18. The second kappa shape index (κ2) is 5.69. The van der Waals surface area contributed by atoms with Gasteiger partial charge in [-0.15, -0.1) is 0 Å². The first kappa shape index (κ1) is 13.3. The predicted molar refractivity (Wildman–Crippen MR) is 71.0 cm³/mol. The normalized spacial score (nSPS) is 10.8. The van der Waals surface area contributed by atoms with Crippen LogP contribution in [0.4, 0.5) is 0 Å². The molecule has 0 aliphatic carbocycles. The van der Waals surface area contributed by atoms with E-state index in [1.165, 1.54) is 0 Å². The SMILES string of the molecule is CCCCn1cc(C(=O)O)c(-c2cnn(CC)c2)n1. The zero-order valence-electron chi connectivity index (χ0n) is 11.2. The van der Waals surface area contributed by atoms with Crippen LogP contribution in [0.3, 0.4) is 0 Å². The Labute approximate surface area is 111 Å². The van der Waals surface area contributed by atoms with Gasteiger partial charge in [-0.1, -0.05) is 13.3 Å². The summed E-state index contributed by atoms with van der Waals surface area (Å²) in [4.78, 5) is 11.3. The van der Waals surface area contributed by atoms with Gasteiger partial charge < -0.3 is 5.11 Å².